The van der Waals surface area contributed by atoms with Gasteiger partial charge in [-0.2, -0.15) is 0 Å². The molecule has 1 atom stereocenters. The number of nitrogens with zero attached hydrogens (tertiary/aromatic N) is 1. The van der Waals surface area contributed by atoms with Crippen molar-refractivity contribution in [2.45, 2.75) is 10.4 Å². The van der Waals surface area contributed by atoms with Crippen LogP contribution in [0.4, 0.5) is 5.69 Å². The van der Waals surface area contributed by atoms with E-state index < -0.39 is 11.5 Å². The zero-order chi connectivity index (χ0) is 11.4. The minimum atomic E-state index is -1.26. The summed E-state index contributed by atoms with van der Waals surface area (Å²) in [4.78, 5) is 11.7. The maximum absolute atomic E-state index is 10.6. The molecule has 0 aromatic heterocycles. The highest BCUT2D eigenvalue weighted by Gasteiger charge is 2.20. The number of hydrazine groups is 1. The number of carbonyl (C=O) groups is 1. The van der Waals surface area contributed by atoms with Gasteiger partial charge in [-0.15, -0.1) is 11.8 Å². The van der Waals surface area contributed by atoms with E-state index in [1.807, 2.05) is 18.4 Å². The zero-order valence-corrected chi connectivity index (χ0v) is 9.63. The molecule has 6 heteroatoms. The molecule has 1 unspecified atom stereocenters. The van der Waals surface area contributed by atoms with E-state index >= 15 is 0 Å². The molecule has 0 spiro atoms. The number of anilines is 1. The van der Waals surface area contributed by atoms with Crippen molar-refractivity contribution in [2.24, 2.45) is 5.84 Å². The van der Waals surface area contributed by atoms with E-state index in [0.29, 0.717) is 5.69 Å². The maximum atomic E-state index is 10.6. The van der Waals surface area contributed by atoms with Gasteiger partial charge in [0, 0.05) is 4.90 Å². The number of carboxylic acid groups (broad SMARTS) is 1. The van der Waals surface area contributed by atoms with Gasteiger partial charge >= 0.3 is 5.97 Å². The van der Waals surface area contributed by atoms with E-state index in [0.717, 1.165) is 9.90 Å². The van der Waals surface area contributed by atoms with Crippen molar-refractivity contribution in [3.05, 3.63) is 24.3 Å². The summed E-state index contributed by atoms with van der Waals surface area (Å²) in [5.41, 5.74) is -0.694. The van der Waals surface area contributed by atoms with Crippen LogP contribution >= 0.6 is 23.4 Å². The lowest BCUT2D eigenvalue weighted by Gasteiger charge is -2.21. The largest absolute Gasteiger partial charge is 0.479 e. The fourth-order valence-corrected chi connectivity index (χ4v) is 1.53. The van der Waals surface area contributed by atoms with Crippen LogP contribution in [0, 0.1) is 0 Å². The highest BCUT2D eigenvalue weighted by atomic mass is 35.5. The summed E-state index contributed by atoms with van der Waals surface area (Å²) in [5.74, 6) is 4.37. The number of nitrogens with two attached hydrogens (primary N) is 1. The SMILES string of the molecule is CSc1ccc(N(N)C(Cl)C(=O)O)cc1. The molecule has 0 aliphatic carbocycles. The second-order valence-electron chi connectivity index (χ2n) is 2.78. The van der Waals surface area contributed by atoms with Crippen LogP contribution in [0.25, 0.3) is 0 Å². The number of alkyl halides is 1. The van der Waals surface area contributed by atoms with Crippen molar-refractivity contribution in [2.75, 3.05) is 11.3 Å². The van der Waals surface area contributed by atoms with Gasteiger partial charge in [-0.1, -0.05) is 11.6 Å². The smallest absolute Gasteiger partial charge is 0.343 e. The molecule has 0 aliphatic rings. The number of hydrogen-bond donors (Lipinski definition) is 2. The highest BCUT2D eigenvalue weighted by molar-refractivity contribution is 7.98. The average Bonchev–Trinajstić information content (AvgIpc) is 2.27. The molecule has 0 saturated heterocycles. The van der Waals surface area contributed by atoms with Crippen LogP contribution in [0.1, 0.15) is 0 Å². The molecule has 0 bridgehead atoms. The Morgan fingerprint density at radius 1 is 1.53 bits per heavy atom. The molecule has 1 aromatic rings. The molecule has 82 valence electrons. The molecule has 15 heavy (non-hydrogen) atoms. The third-order valence-corrected chi connectivity index (χ3v) is 2.96. The zero-order valence-electron chi connectivity index (χ0n) is 8.05. The number of thioether (sulfide) groups is 1. The molecule has 3 N–H and O–H groups in total. The summed E-state index contributed by atoms with van der Waals surface area (Å²) in [6.45, 7) is 0. The minimum Gasteiger partial charge on any atom is -0.479 e. The Labute approximate surface area is 97.0 Å². The molecule has 0 heterocycles. The van der Waals surface area contributed by atoms with E-state index in [1.165, 1.54) is 0 Å². The first-order valence-electron chi connectivity index (χ1n) is 4.11. The second kappa shape index (κ2) is 5.25. The van der Waals surface area contributed by atoms with Crippen LogP contribution in [-0.4, -0.2) is 22.8 Å². The summed E-state index contributed by atoms with van der Waals surface area (Å²) in [6.07, 6.45) is 1.96. The topological polar surface area (TPSA) is 66.6 Å². The van der Waals surface area contributed by atoms with Gasteiger partial charge in [0.15, 0.2) is 0 Å². The standard InChI is InChI=1S/C9H11ClN2O2S/c1-15-7-4-2-6(3-5-7)12(11)8(10)9(13)14/h2-5,8H,11H2,1H3,(H,13,14). The van der Waals surface area contributed by atoms with Gasteiger partial charge in [0.1, 0.15) is 0 Å². The van der Waals surface area contributed by atoms with E-state index in [4.69, 9.17) is 22.6 Å². The van der Waals surface area contributed by atoms with E-state index in [2.05, 4.69) is 0 Å². The number of hydrogen-bond acceptors (Lipinski definition) is 4. The van der Waals surface area contributed by atoms with Crippen molar-refractivity contribution in [3.8, 4) is 0 Å². The van der Waals surface area contributed by atoms with E-state index in [9.17, 15) is 4.79 Å². The van der Waals surface area contributed by atoms with Crippen LogP contribution in [0.3, 0.4) is 0 Å². The summed E-state index contributed by atoms with van der Waals surface area (Å²) >= 11 is 7.17. The molecule has 0 radical (unpaired) electrons. The molecule has 1 rings (SSSR count). The Bertz CT molecular complexity index is 344. The number of carboxylic acids is 1. The first kappa shape index (κ1) is 12.2. The van der Waals surface area contributed by atoms with E-state index in [1.54, 1.807) is 23.9 Å². The minimum absolute atomic E-state index is 0.565. The van der Waals surface area contributed by atoms with Crippen LogP contribution in [0.15, 0.2) is 29.2 Å². The normalized spacial score (nSPS) is 12.2. The van der Waals surface area contributed by atoms with Crippen LogP contribution in [-0.2, 0) is 4.79 Å². The van der Waals surface area contributed by atoms with Gasteiger partial charge in [0.05, 0.1) is 5.69 Å². The Morgan fingerprint density at radius 2 is 2.07 bits per heavy atom. The molecule has 0 saturated carbocycles. The third kappa shape index (κ3) is 3.02. The fourth-order valence-electron chi connectivity index (χ4n) is 1.00. The summed E-state index contributed by atoms with van der Waals surface area (Å²) in [6, 6.07) is 7.16. The molecule has 1 aromatic carbocycles. The van der Waals surface area contributed by atoms with Gasteiger partial charge in [-0.3, -0.25) is 5.01 Å². The third-order valence-electron chi connectivity index (χ3n) is 1.82. The lowest BCUT2D eigenvalue weighted by Crippen LogP contribution is -2.42. The van der Waals surface area contributed by atoms with Crippen molar-refractivity contribution in [1.82, 2.24) is 0 Å². The summed E-state index contributed by atoms with van der Waals surface area (Å²) in [7, 11) is 0. The highest BCUT2D eigenvalue weighted by Crippen LogP contribution is 2.20. The monoisotopic (exact) mass is 246 g/mol. The summed E-state index contributed by atoms with van der Waals surface area (Å²) in [5, 5.41) is 9.66. The van der Waals surface area contributed by atoms with Gasteiger partial charge < -0.3 is 5.11 Å². The number of rotatable bonds is 4. The first-order chi connectivity index (χ1) is 7.06. The molecular formula is C9H11ClN2O2S. The van der Waals surface area contributed by atoms with Gasteiger partial charge in [-0.05, 0) is 30.5 Å². The van der Waals surface area contributed by atoms with Gasteiger partial charge in [0.2, 0.25) is 5.50 Å². The fraction of sp³-hybridized carbons (Fsp3) is 0.222. The summed E-state index contributed by atoms with van der Waals surface area (Å²) < 4.78 is 0. The van der Waals surface area contributed by atoms with Gasteiger partial charge in [0.25, 0.3) is 0 Å². The Kier molecular flexibility index (Phi) is 4.26. The molecule has 0 amide bonds. The molecule has 0 aliphatic heterocycles. The Morgan fingerprint density at radius 3 is 2.47 bits per heavy atom. The average molecular weight is 247 g/mol. The predicted molar refractivity (Wildman–Crippen MR) is 62.2 cm³/mol. The maximum Gasteiger partial charge on any atom is 0.343 e. The van der Waals surface area contributed by atoms with Crippen molar-refractivity contribution < 1.29 is 9.90 Å². The quantitative estimate of drug-likeness (QED) is 0.279. The van der Waals surface area contributed by atoms with Crippen molar-refractivity contribution >= 4 is 35.0 Å². The van der Waals surface area contributed by atoms with Crippen molar-refractivity contribution in [3.63, 3.8) is 0 Å². The Balaban J connectivity index is 2.82. The Hall–Kier alpha value is -0.910. The van der Waals surface area contributed by atoms with Crippen molar-refractivity contribution in [1.29, 1.82) is 0 Å². The molecular weight excluding hydrogens is 236 g/mol. The number of aliphatic carboxylic acids is 1. The lowest BCUT2D eigenvalue weighted by atomic mass is 10.3. The molecule has 0 fully saturated rings. The van der Waals surface area contributed by atoms with Crippen LogP contribution in [0.2, 0.25) is 0 Å². The second-order valence-corrected chi connectivity index (χ2v) is 4.07. The lowest BCUT2D eigenvalue weighted by molar-refractivity contribution is -0.136. The van der Waals surface area contributed by atoms with E-state index in [-0.39, 0.29) is 0 Å². The predicted octanol–water partition coefficient (Wildman–Crippen LogP) is 1.74. The van der Waals surface area contributed by atoms with Crippen LogP contribution < -0.4 is 10.9 Å². The first-order valence-corrected chi connectivity index (χ1v) is 5.77. The van der Waals surface area contributed by atoms with Gasteiger partial charge in [-0.25, -0.2) is 10.6 Å². The number of halogens is 1. The number of benzene rings is 1. The molecule has 4 nitrogen and oxygen atoms in total. The van der Waals surface area contributed by atoms with Crippen LogP contribution in [0.5, 0.6) is 0 Å².